The van der Waals surface area contributed by atoms with Crippen LogP contribution in [0.25, 0.3) is 6.08 Å². The van der Waals surface area contributed by atoms with Gasteiger partial charge >= 0.3 is 5.97 Å². The van der Waals surface area contributed by atoms with E-state index in [9.17, 15) is 14.4 Å². The number of amides is 1. The van der Waals surface area contributed by atoms with E-state index in [4.69, 9.17) is 14.6 Å². The summed E-state index contributed by atoms with van der Waals surface area (Å²) in [5.74, 6) is 0.247. The lowest BCUT2D eigenvalue weighted by Crippen LogP contribution is -2.27. The van der Waals surface area contributed by atoms with E-state index in [-0.39, 0.29) is 11.4 Å². The van der Waals surface area contributed by atoms with Crippen LogP contribution in [0, 0.1) is 0 Å². The van der Waals surface area contributed by atoms with Gasteiger partial charge in [-0.3, -0.25) is 14.6 Å². The number of hydrogen-bond donors (Lipinski definition) is 1. The van der Waals surface area contributed by atoms with Gasteiger partial charge in [-0.1, -0.05) is 12.1 Å². The van der Waals surface area contributed by atoms with Crippen molar-refractivity contribution in [2.24, 2.45) is 0 Å². The van der Waals surface area contributed by atoms with Crippen LogP contribution >= 0.6 is 0 Å². The van der Waals surface area contributed by atoms with E-state index in [1.807, 2.05) is 30.3 Å². The van der Waals surface area contributed by atoms with Crippen LogP contribution in [0.2, 0.25) is 0 Å². The number of carboxylic acids is 1. The third-order valence-electron chi connectivity index (χ3n) is 3.98. The molecule has 0 saturated heterocycles. The van der Waals surface area contributed by atoms with Crippen LogP contribution < -0.4 is 9.47 Å². The Kier molecular flexibility index (Phi) is 13.8. The Morgan fingerprint density at radius 3 is 2.38 bits per heavy atom. The molecule has 0 aliphatic rings. The number of methoxy groups -OCH3 is 2. The molecule has 32 heavy (non-hydrogen) atoms. The second kappa shape index (κ2) is 15.8. The van der Waals surface area contributed by atoms with Gasteiger partial charge in [-0.25, -0.2) is 4.79 Å². The number of nitrogens with zero attached hydrogens (tertiary/aromatic N) is 2. The molecule has 2 rings (SSSR count). The van der Waals surface area contributed by atoms with Crippen LogP contribution in [0.3, 0.4) is 0 Å². The summed E-state index contributed by atoms with van der Waals surface area (Å²) in [6.07, 6.45) is 9.59. The van der Waals surface area contributed by atoms with E-state index in [2.05, 4.69) is 4.98 Å². The lowest BCUT2D eigenvalue weighted by atomic mass is 10.1. The molecule has 0 bridgehead atoms. The first-order valence-corrected chi connectivity index (χ1v) is 9.30. The molecule has 9 nitrogen and oxygen atoms in total. The fourth-order valence-electron chi connectivity index (χ4n) is 2.33. The number of carbonyl (C=O) groups excluding carboxylic acids is 2. The van der Waals surface area contributed by atoms with Crippen molar-refractivity contribution < 1.29 is 34.4 Å². The van der Waals surface area contributed by atoms with E-state index in [1.165, 1.54) is 0 Å². The molecular weight excluding hydrogens is 416 g/mol. The zero-order valence-corrected chi connectivity index (χ0v) is 18.2. The number of ether oxygens (including phenoxy) is 2. The highest BCUT2D eigenvalue weighted by Crippen LogP contribution is 2.27. The lowest BCUT2D eigenvalue weighted by molar-refractivity contribution is -0.131. The standard InChI is InChI=1S/C19H22N2O3.C4H4O3.H2O/c1-21(19(22)9-7-16-5-4-11-20-14-16)12-10-15-6-8-17(23-2)18(13-15)24-3;5-3-1-2-4(6)7;/h4-9,11,13-14H,10,12H2,1-3H3;1-3H,(H,6,7);1H2/b9-7+;;. The Balaban J connectivity index is 0.00000104. The molecule has 0 saturated carbocycles. The van der Waals surface area contributed by atoms with Crippen molar-refractivity contribution in [3.05, 3.63) is 72.1 Å². The van der Waals surface area contributed by atoms with Crippen molar-refractivity contribution in [2.75, 3.05) is 27.8 Å². The maximum Gasteiger partial charge on any atom is 0.328 e. The summed E-state index contributed by atoms with van der Waals surface area (Å²) >= 11 is 0. The summed E-state index contributed by atoms with van der Waals surface area (Å²) in [7, 11) is 5.01. The summed E-state index contributed by atoms with van der Waals surface area (Å²) in [5.41, 5.74) is 1.99. The minimum Gasteiger partial charge on any atom is -0.493 e. The first-order chi connectivity index (χ1) is 14.9. The topological polar surface area (TPSA) is 138 Å². The summed E-state index contributed by atoms with van der Waals surface area (Å²) < 4.78 is 10.5. The molecule has 0 spiro atoms. The van der Waals surface area contributed by atoms with Crippen molar-refractivity contribution in [3.8, 4) is 11.5 Å². The normalized spacial score (nSPS) is 9.97. The SMILES string of the molecule is COc1ccc(CCN(C)C(=O)/C=C/c2cccnc2)cc1OC.O.O=CC=CC(=O)O. The fourth-order valence-corrected chi connectivity index (χ4v) is 2.33. The molecule has 3 N–H and O–H groups in total. The van der Waals surface area contributed by atoms with Gasteiger partial charge in [0.05, 0.1) is 14.2 Å². The Bertz CT molecular complexity index is 912. The smallest absolute Gasteiger partial charge is 0.328 e. The monoisotopic (exact) mass is 444 g/mol. The number of aliphatic carboxylic acids is 1. The molecule has 0 radical (unpaired) electrons. The molecule has 9 heteroatoms. The molecule has 0 aliphatic carbocycles. The van der Waals surface area contributed by atoms with E-state index in [0.717, 1.165) is 29.7 Å². The minimum atomic E-state index is -1.10. The number of allylic oxidation sites excluding steroid dienone is 1. The zero-order chi connectivity index (χ0) is 23.1. The first-order valence-electron chi connectivity index (χ1n) is 9.30. The number of carboxylic acid groups (broad SMARTS) is 1. The predicted molar refractivity (Wildman–Crippen MR) is 121 cm³/mol. The average Bonchev–Trinajstić information content (AvgIpc) is 2.80. The summed E-state index contributed by atoms with van der Waals surface area (Å²) in [4.78, 5) is 36.7. The van der Waals surface area contributed by atoms with Crippen molar-refractivity contribution in [1.29, 1.82) is 0 Å². The number of rotatable bonds is 9. The van der Waals surface area contributed by atoms with Gasteiger partial charge in [0.2, 0.25) is 5.91 Å². The number of benzene rings is 1. The van der Waals surface area contributed by atoms with Gasteiger partial charge in [-0.2, -0.15) is 0 Å². The van der Waals surface area contributed by atoms with E-state index >= 15 is 0 Å². The van der Waals surface area contributed by atoms with Crippen LogP contribution in [0.5, 0.6) is 11.5 Å². The maximum atomic E-state index is 12.1. The van der Waals surface area contributed by atoms with E-state index in [0.29, 0.717) is 24.3 Å². The van der Waals surface area contributed by atoms with Crippen molar-refractivity contribution >= 4 is 24.2 Å². The molecule has 0 fully saturated rings. The highest BCUT2D eigenvalue weighted by molar-refractivity contribution is 5.91. The van der Waals surface area contributed by atoms with Gasteiger partial charge in [0.1, 0.15) is 6.29 Å². The number of aromatic nitrogens is 1. The van der Waals surface area contributed by atoms with Crippen LogP contribution in [-0.2, 0) is 20.8 Å². The van der Waals surface area contributed by atoms with Crippen molar-refractivity contribution in [3.63, 3.8) is 0 Å². The Morgan fingerprint density at radius 2 is 1.84 bits per heavy atom. The molecule has 0 unspecified atom stereocenters. The van der Waals surface area contributed by atoms with Gasteiger partial charge < -0.3 is 25.0 Å². The third-order valence-corrected chi connectivity index (χ3v) is 3.98. The fraction of sp³-hybridized carbons (Fsp3) is 0.217. The minimum absolute atomic E-state index is 0. The van der Waals surface area contributed by atoms with Gasteiger partial charge in [0.25, 0.3) is 0 Å². The maximum absolute atomic E-state index is 12.1. The first kappa shape index (κ1) is 28.0. The third kappa shape index (κ3) is 10.7. The quantitative estimate of drug-likeness (QED) is 0.460. The predicted octanol–water partition coefficient (Wildman–Crippen LogP) is 1.81. The molecule has 0 atom stereocenters. The van der Waals surface area contributed by atoms with Crippen LogP contribution in [-0.4, -0.2) is 66.4 Å². The van der Waals surface area contributed by atoms with E-state index in [1.54, 1.807) is 50.7 Å². The molecule has 1 aromatic carbocycles. The lowest BCUT2D eigenvalue weighted by Gasteiger charge is -2.16. The van der Waals surface area contributed by atoms with E-state index < -0.39 is 5.97 Å². The number of carbonyl (C=O) groups is 3. The highest BCUT2D eigenvalue weighted by Gasteiger charge is 2.08. The van der Waals surface area contributed by atoms with Gasteiger partial charge in [-0.15, -0.1) is 0 Å². The summed E-state index contributed by atoms with van der Waals surface area (Å²) in [5, 5.41) is 7.80. The van der Waals surface area contributed by atoms with Gasteiger partial charge in [-0.05, 0) is 47.9 Å². The molecular formula is C23H28N2O7. The second-order valence-electron chi connectivity index (χ2n) is 6.15. The van der Waals surface area contributed by atoms with Crippen LogP contribution in [0.4, 0.5) is 0 Å². The number of hydrogen-bond acceptors (Lipinski definition) is 6. The number of likely N-dealkylation sites (N-methyl/N-ethyl adjacent to an activating group) is 1. The molecule has 1 amide bonds. The van der Waals surface area contributed by atoms with Crippen LogP contribution in [0.15, 0.2) is 61.0 Å². The van der Waals surface area contributed by atoms with Crippen LogP contribution in [0.1, 0.15) is 11.1 Å². The Morgan fingerprint density at radius 1 is 1.12 bits per heavy atom. The number of aldehydes is 1. The average molecular weight is 444 g/mol. The Labute approximate surface area is 186 Å². The molecule has 0 aliphatic heterocycles. The summed E-state index contributed by atoms with van der Waals surface area (Å²) in [6, 6.07) is 9.53. The molecule has 1 aromatic heterocycles. The highest BCUT2D eigenvalue weighted by atomic mass is 16.5. The largest absolute Gasteiger partial charge is 0.493 e. The molecule has 172 valence electrons. The van der Waals surface area contributed by atoms with Crippen molar-refractivity contribution in [2.45, 2.75) is 6.42 Å². The summed E-state index contributed by atoms with van der Waals surface area (Å²) in [6.45, 7) is 0.617. The molecule has 1 heterocycles. The van der Waals surface area contributed by atoms with Gasteiger partial charge in [0, 0.05) is 38.1 Å². The Hall–Kier alpha value is -3.98. The van der Waals surface area contributed by atoms with Gasteiger partial charge in [0.15, 0.2) is 11.5 Å². The molecule has 2 aromatic rings. The second-order valence-corrected chi connectivity index (χ2v) is 6.15. The number of pyridine rings is 1. The van der Waals surface area contributed by atoms with Crippen molar-refractivity contribution in [1.82, 2.24) is 9.88 Å². The zero-order valence-electron chi connectivity index (χ0n) is 18.2.